The van der Waals surface area contributed by atoms with Gasteiger partial charge >= 0.3 is 0 Å². The van der Waals surface area contributed by atoms with Gasteiger partial charge in [0.2, 0.25) is 0 Å². The van der Waals surface area contributed by atoms with E-state index in [0.717, 1.165) is 10.7 Å². The minimum atomic E-state index is -0.256. The fourth-order valence-corrected chi connectivity index (χ4v) is 2.55. The summed E-state index contributed by atoms with van der Waals surface area (Å²) in [4.78, 5) is 16.4. The third-order valence-electron chi connectivity index (χ3n) is 2.68. The average molecular weight is 279 g/mol. The lowest BCUT2D eigenvalue weighted by molar-refractivity contribution is 0.0930. The van der Waals surface area contributed by atoms with Gasteiger partial charge in [-0.05, 0) is 6.92 Å². The highest BCUT2D eigenvalue weighted by Crippen LogP contribution is 2.26. The van der Waals surface area contributed by atoms with E-state index < -0.39 is 0 Å². The summed E-state index contributed by atoms with van der Waals surface area (Å²) >= 11 is 1.55. The van der Waals surface area contributed by atoms with Crippen molar-refractivity contribution in [1.29, 1.82) is 0 Å². The van der Waals surface area contributed by atoms with E-state index in [0.29, 0.717) is 0 Å². The number of nitrogens with one attached hydrogen (secondary N) is 1. The van der Waals surface area contributed by atoms with Crippen LogP contribution in [0.15, 0.2) is 22.2 Å². The summed E-state index contributed by atoms with van der Waals surface area (Å²) in [6.07, 6.45) is 1.38. The van der Waals surface area contributed by atoms with Gasteiger partial charge in [0.15, 0.2) is 5.69 Å². The van der Waals surface area contributed by atoms with Crippen molar-refractivity contribution < 1.29 is 9.32 Å². The van der Waals surface area contributed by atoms with Crippen LogP contribution in [0.5, 0.6) is 0 Å². The molecule has 6 heteroatoms. The van der Waals surface area contributed by atoms with E-state index in [1.165, 1.54) is 12.3 Å². The molecule has 0 saturated carbocycles. The molecule has 0 spiro atoms. The Morgan fingerprint density at radius 2 is 2.21 bits per heavy atom. The Morgan fingerprint density at radius 3 is 2.74 bits per heavy atom. The standard InChI is InChI=1S/C13H17N3O2S/c1-8(14-11(17)9-5-6-18-16-9)12-15-10(7-19-12)13(2,3)4/h5-8H,1-4H3,(H,14,17). The van der Waals surface area contributed by atoms with Crippen molar-refractivity contribution in [3.63, 3.8) is 0 Å². The molecule has 0 aliphatic heterocycles. The van der Waals surface area contributed by atoms with Gasteiger partial charge in [-0.1, -0.05) is 25.9 Å². The second-order valence-electron chi connectivity index (χ2n) is 5.40. The molecular weight excluding hydrogens is 262 g/mol. The summed E-state index contributed by atoms with van der Waals surface area (Å²) in [5.41, 5.74) is 1.33. The highest BCUT2D eigenvalue weighted by atomic mass is 32.1. The first-order valence-corrected chi connectivity index (χ1v) is 6.93. The third kappa shape index (κ3) is 3.20. The lowest BCUT2D eigenvalue weighted by Gasteiger charge is -2.15. The summed E-state index contributed by atoms with van der Waals surface area (Å²) < 4.78 is 4.65. The van der Waals surface area contributed by atoms with E-state index in [1.54, 1.807) is 11.3 Å². The Bertz CT molecular complexity index is 555. The van der Waals surface area contributed by atoms with Crippen LogP contribution in [0, 0.1) is 0 Å². The molecule has 0 aliphatic rings. The van der Waals surface area contributed by atoms with Gasteiger partial charge in [-0.25, -0.2) is 4.98 Å². The van der Waals surface area contributed by atoms with Gasteiger partial charge in [0.25, 0.3) is 5.91 Å². The Hall–Kier alpha value is -1.69. The number of thiazole rings is 1. The SMILES string of the molecule is CC(NC(=O)c1ccon1)c1nc(C(C)(C)C)cs1. The molecule has 0 aliphatic carbocycles. The second-order valence-corrected chi connectivity index (χ2v) is 6.29. The molecule has 1 atom stereocenters. The van der Waals surface area contributed by atoms with Crippen LogP contribution < -0.4 is 5.32 Å². The summed E-state index contributed by atoms with van der Waals surface area (Å²) in [5.74, 6) is -0.256. The fraction of sp³-hybridized carbons (Fsp3) is 0.462. The predicted octanol–water partition coefficient (Wildman–Crippen LogP) is 2.92. The van der Waals surface area contributed by atoms with Crippen molar-refractivity contribution in [2.45, 2.75) is 39.2 Å². The first-order valence-electron chi connectivity index (χ1n) is 6.05. The number of carbonyl (C=O) groups excluding carboxylic acids is 1. The van der Waals surface area contributed by atoms with Crippen molar-refractivity contribution in [3.8, 4) is 0 Å². The molecule has 102 valence electrons. The van der Waals surface area contributed by atoms with Gasteiger partial charge in [-0.3, -0.25) is 4.79 Å². The zero-order valence-corrected chi connectivity index (χ0v) is 12.2. The number of amides is 1. The molecule has 19 heavy (non-hydrogen) atoms. The van der Waals surface area contributed by atoms with Crippen LogP contribution in [-0.4, -0.2) is 16.0 Å². The Morgan fingerprint density at radius 1 is 1.47 bits per heavy atom. The molecule has 1 N–H and O–H groups in total. The van der Waals surface area contributed by atoms with Crippen molar-refractivity contribution in [2.75, 3.05) is 0 Å². The first kappa shape index (κ1) is 13.7. The molecule has 0 radical (unpaired) electrons. The number of hydrogen-bond donors (Lipinski definition) is 1. The zero-order chi connectivity index (χ0) is 14.0. The maximum Gasteiger partial charge on any atom is 0.274 e. The molecule has 1 amide bonds. The minimum absolute atomic E-state index is 0.0184. The maximum absolute atomic E-state index is 11.8. The van der Waals surface area contributed by atoms with Gasteiger partial charge in [-0.15, -0.1) is 11.3 Å². The van der Waals surface area contributed by atoms with Gasteiger partial charge in [0.1, 0.15) is 11.3 Å². The smallest absolute Gasteiger partial charge is 0.274 e. The number of aromatic nitrogens is 2. The highest BCUT2D eigenvalue weighted by Gasteiger charge is 2.21. The van der Waals surface area contributed by atoms with Crippen molar-refractivity contribution >= 4 is 17.2 Å². The van der Waals surface area contributed by atoms with E-state index in [2.05, 4.69) is 40.8 Å². The van der Waals surface area contributed by atoms with Crippen LogP contribution in [0.25, 0.3) is 0 Å². The van der Waals surface area contributed by atoms with Gasteiger partial charge in [0.05, 0.1) is 11.7 Å². The Balaban J connectivity index is 2.06. The number of rotatable bonds is 3. The molecule has 0 fully saturated rings. The van der Waals surface area contributed by atoms with Crippen molar-refractivity contribution in [3.05, 3.63) is 34.1 Å². The Labute approximate surface area is 116 Å². The summed E-state index contributed by atoms with van der Waals surface area (Å²) in [6, 6.07) is 1.38. The van der Waals surface area contributed by atoms with Crippen molar-refractivity contribution in [1.82, 2.24) is 15.5 Å². The topological polar surface area (TPSA) is 68.0 Å². The lowest BCUT2D eigenvalue weighted by atomic mass is 9.93. The van der Waals surface area contributed by atoms with Crippen LogP contribution in [0.1, 0.15) is 54.9 Å². The molecule has 0 bridgehead atoms. The van der Waals surface area contributed by atoms with E-state index in [9.17, 15) is 4.79 Å². The quantitative estimate of drug-likeness (QED) is 0.938. The van der Waals surface area contributed by atoms with Crippen LogP contribution in [-0.2, 0) is 5.41 Å². The van der Waals surface area contributed by atoms with E-state index in [1.807, 2.05) is 12.3 Å². The predicted molar refractivity (Wildman–Crippen MR) is 73.2 cm³/mol. The highest BCUT2D eigenvalue weighted by molar-refractivity contribution is 7.09. The van der Waals surface area contributed by atoms with Crippen LogP contribution in [0.3, 0.4) is 0 Å². The van der Waals surface area contributed by atoms with Crippen LogP contribution in [0.4, 0.5) is 0 Å². The summed E-state index contributed by atoms with van der Waals surface area (Å²) in [5, 5.41) is 9.38. The summed E-state index contributed by atoms with van der Waals surface area (Å²) in [7, 11) is 0. The normalized spacial score (nSPS) is 13.3. The largest absolute Gasteiger partial charge is 0.364 e. The molecule has 2 aromatic rings. The number of hydrogen-bond acceptors (Lipinski definition) is 5. The fourth-order valence-electron chi connectivity index (χ4n) is 1.49. The first-order chi connectivity index (χ1) is 8.88. The monoisotopic (exact) mass is 279 g/mol. The zero-order valence-electron chi connectivity index (χ0n) is 11.4. The Kier molecular flexibility index (Phi) is 3.71. The lowest BCUT2D eigenvalue weighted by Crippen LogP contribution is -2.27. The maximum atomic E-state index is 11.8. The van der Waals surface area contributed by atoms with Crippen molar-refractivity contribution in [2.24, 2.45) is 0 Å². The van der Waals surface area contributed by atoms with E-state index in [4.69, 9.17) is 0 Å². The number of nitrogens with zero attached hydrogens (tertiary/aromatic N) is 2. The van der Waals surface area contributed by atoms with Crippen LogP contribution in [0.2, 0.25) is 0 Å². The van der Waals surface area contributed by atoms with Gasteiger partial charge < -0.3 is 9.84 Å². The average Bonchev–Trinajstić information content (AvgIpc) is 3.00. The minimum Gasteiger partial charge on any atom is -0.364 e. The van der Waals surface area contributed by atoms with E-state index >= 15 is 0 Å². The summed E-state index contributed by atoms with van der Waals surface area (Å²) in [6.45, 7) is 8.25. The second kappa shape index (κ2) is 5.13. The molecule has 2 heterocycles. The number of carbonyl (C=O) groups is 1. The van der Waals surface area contributed by atoms with Crippen LogP contribution >= 0.6 is 11.3 Å². The molecular formula is C13H17N3O2S. The molecule has 0 saturated heterocycles. The van der Waals surface area contributed by atoms with E-state index in [-0.39, 0.29) is 23.1 Å². The molecule has 2 aromatic heterocycles. The van der Waals surface area contributed by atoms with Gasteiger partial charge in [0, 0.05) is 16.9 Å². The third-order valence-corrected chi connectivity index (χ3v) is 3.71. The molecule has 1 unspecified atom stereocenters. The molecule has 0 aromatic carbocycles. The van der Waals surface area contributed by atoms with Gasteiger partial charge in [-0.2, -0.15) is 0 Å². The molecule has 2 rings (SSSR count). The molecule has 5 nitrogen and oxygen atoms in total.